The van der Waals surface area contributed by atoms with Gasteiger partial charge in [0.05, 0.1) is 11.3 Å². The van der Waals surface area contributed by atoms with Crippen molar-refractivity contribution in [2.75, 3.05) is 0 Å². The zero-order valence-electron chi connectivity index (χ0n) is 26.2. The number of aliphatic hydroxyl groups is 1. The van der Waals surface area contributed by atoms with Crippen LogP contribution in [0.2, 0.25) is 0 Å². The molecule has 223 valence electrons. The van der Waals surface area contributed by atoms with Crippen molar-refractivity contribution in [3.05, 3.63) is 76.6 Å². The minimum Gasteiger partial charge on any atom is -0.512 e. The van der Waals surface area contributed by atoms with Gasteiger partial charge in [-0.2, -0.15) is 0 Å². The van der Waals surface area contributed by atoms with Crippen LogP contribution in [0, 0.1) is 43.1 Å². The average Bonchev–Trinajstić information content (AvgIpc) is 2.93. The van der Waals surface area contributed by atoms with Gasteiger partial charge in [0.15, 0.2) is 5.78 Å². The Morgan fingerprint density at radius 2 is 1.68 bits per heavy atom. The summed E-state index contributed by atoms with van der Waals surface area (Å²) in [7, 11) is 0. The van der Waals surface area contributed by atoms with Crippen LogP contribution in [0.5, 0.6) is 0 Å². The van der Waals surface area contributed by atoms with E-state index in [1.807, 2.05) is 27.7 Å². The van der Waals surface area contributed by atoms with Gasteiger partial charge in [0, 0.05) is 43.4 Å². The van der Waals surface area contributed by atoms with E-state index in [2.05, 4.69) is 70.2 Å². The number of allylic oxidation sites excluding steroid dienone is 2. The minimum absolute atomic E-state index is 0. The summed E-state index contributed by atoms with van der Waals surface area (Å²) in [5.41, 5.74) is 9.27. The number of nitrogens with zero attached hydrogens (tertiary/aromatic N) is 1. The Hall–Kier alpha value is -2.29. The number of aryl methyl sites for hydroxylation is 2. The fourth-order valence-corrected chi connectivity index (χ4v) is 6.94. The summed E-state index contributed by atoms with van der Waals surface area (Å²) >= 11 is 0. The van der Waals surface area contributed by atoms with E-state index in [0.717, 1.165) is 48.4 Å². The van der Waals surface area contributed by atoms with Crippen molar-refractivity contribution in [2.45, 2.75) is 99.8 Å². The minimum atomic E-state index is 0. The molecule has 6 rings (SSSR count). The molecule has 3 aromatic rings. The number of hydrogen-bond acceptors (Lipinski definition) is 3. The molecule has 1 fully saturated rings. The zero-order chi connectivity index (χ0) is 29.2. The molecule has 2 atom stereocenters. The number of ketones is 1. The van der Waals surface area contributed by atoms with Crippen molar-refractivity contribution < 1.29 is 30.0 Å². The van der Waals surface area contributed by atoms with E-state index in [1.54, 1.807) is 11.1 Å². The maximum atomic E-state index is 11.7. The SMILES string of the molecule is CCC(CC)C(=O)C=C(O)C(CC)CC.Cc1[c-]c(-c2ccc3c4c(ccc3n2)CC2CC4C2(C)C)cc(C)c1.[Ir]. The first-order chi connectivity index (χ1) is 19.0. The smallest absolute Gasteiger partial charge is 0.162 e. The van der Waals surface area contributed by atoms with Gasteiger partial charge in [-0.25, -0.2) is 0 Å². The predicted octanol–water partition coefficient (Wildman–Crippen LogP) is 9.87. The molecule has 0 aliphatic heterocycles. The van der Waals surface area contributed by atoms with E-state index in [4.69, 9.17) is 4.98 Å². The van der Waals surface area contributed by atoms with Crippen LogP contribution in [0.15, 0.2) is 48.2 Å². The van der Waals surface area contributed by atoms with E-state index in [0.29, 0.717) is 11.3 Å². The fourth-order valence-electron chi connectivity index (χ4n) is 6.94. The van der Waals surface area contributed by atoms with Gasteiger partial charge in [-0.1, -0.05) is 73.6 Å². The van der Waals surface area contributed by atoms with Gasteiger partial charge in [0.25, 0.3) is 0 Å². The quantitative estimate of drug-likeness (QED) is 0.143. The van der Waals surface area contributed by atoms with Crippen LogP contribution in [0.25, 0.3) is 22.2 Å². The largest absolute Gasteiger partial charge is 0.512 e. The summed E-state index contributed by atoms with van der Waals surface area (Å²) in [6.07, 6.45) is 7.50. The van der Waals surface area contributed by atoms with Gasteiger partial charge in [-0.3, -0.25) is 9.78 Å². The number of carbonyl (C=O) groups excluding carboxylic acids is 1. The summed E-state index contributed by atoms with van der Waals surface area (Å²) in [6.45, 7) is 17.2. The van der Waals surface area contributed by atoms with Gasteiger partial charge >= 0.3 is 0 Å². The summed E-state index contributed by atoms with van der Waals surface area (Å²) in [5, 5.41) is 11.1. The molecule has 1 N–H and O–H groups in total. The van der Waals surface area contributed by atoms with E-state index in [9.17, 15) is 9.90 Å². The molecule has 0 amide bonds. The Morgan fingerprint density at radius 1 is 1.02 bits per heavy atom. The summed E-state index contributed by atoms with van der Waals surface area (Å²) < 4.78 is 0. The standard InChI is InChI=1S/C24H24N.C13H24O2.Ir/c1-14-9-15(2)11-17(10-14)21-8-6-19-22(25-21)7-5-16-12-18-13-20(23(16)19)24(18,3)4;1-5-10(6-2)12(14)9-13(15)11(7-3)8-4;/h5-10,18,20H,12-13H2,1-4H3;9-11,14H,5-8H2,1-4H3;/q-1;;. The number of aromatic nitrogens is 1. The second-order valence-electron chi connectivity index (χ2n) is 12.7. The van der Waals surface area contributed by atoms with Crippen LogP contribution < -0.4 is 0 Å². The number of rotatable bonds is 8. The van der Waals surface area contributed by atoms with Crippen molar-refractivity contribution >= 4 is 16.7 Å². The number of hydrogen-bond donors (Lipinski definition) is 1. The molecule has 3 nitrogen and oxygen atoms in total. The molecular formula is C37H48IrNO2-. The third-order valence-corrected chi connectivity index (χ3v) is 9.79. The fraction of sp³-hybridized carbons (Fsp3) is 0.514. The maximum Gasteiger partial charge on any atom is 0.162 e. The number of pyridine rings is 1. The molecule has 1 radical (unpaired) electrons. The van der Waals surface area contributed by atoms with E-state index >= 15 is 0 Å². The molecule has 2 aromatic carbocycles. The summed E-state index contributed by atoms with van der Waals surface area (Å²) in [6, 6.07) is 16.8. The van der Waals surface area contributed by atoms with E-state index in [-0.39, 0.29) is 43.5 Å². The summed E-state index contributed by atoms with van der Waals surface area (Å²) in [5.74, 6) is 2.11. The van der Waals surface area contributed by atoms with E-state index in [1.165, 1.54) is 35.4 Å². The molecule has 0 spiro atoms. The van der Waals surface area contributed by atoms with Crippen molar-refractivity contribution in [3.8, 4) is 11.3 Å². The number of carbonyl (C=O) groups is 1. The first-order valence-corrected chi connectivity index (χ1v) is 15.4. The zero-order valence-corrected chi connectivity index (χ0v) is 28.6. The molecule has 3 aliphatic carbocycles. The molecule has 0 saturated heterocycles. The van der Waals surface area contributed by atoms with Gasteiger partial charge in [-0.05, 0) is 78.7 Å². The van der Waals surface area contributed by atoms with Crippen molar-refractivity contribution in [1.82, 2.24) is 4.98 Å². The molecule has 4 heteroatoms. The molecule has 2 unspecified atom stereocenters. The van der Waals surface area contributed by atoms with Crippen molar-refractivity contribution in [1.29, 1.82) is 0 Å². The van der Waals surface area contributed by atoms with Crippen molar-refractivity contribution in [2.24, 2.45) is 23.2 Å². The van der Waals surface area contributed by atoms with Gasteiger partial charge in [-0.15, -0.1) is 34.9 Å². The monoisotopic (exact) mass is 731 g/mol. The Labute approximate surface area is 261 Å². The third-order valence-electron chi connectivity index (χ3n) is 9.79. The molecule has 1 saturated carbocycles. The molecule has 1 aromatic heterocycles. The van der Waals surface area contributed by atoms with Crippen LogP contribution in [0.4, 0.5) is 0 Å². The molecule has 2 bridgehead atoms. The van der Waals surface area contributed by atoms with Crippen LogP contribution in [0.3, 0.4) is 0 Å². The first kappa shape index (κ1) is 33.2. The Bertz CT molecular complexity index is 1380. The number of fused-ring (bicyclic) bond motifs is 1. The molecule has 41 heavy (non-hydrogen) atoms. The number of benzene rings is 2. The van der Waals surface area contributed by atoms with Gasteiger partial charge in [0.1, 0.15) is 0 Å². The maximum absolute atomic E-state index is 11.7. The molecule has 3 aliphatic rings. The predicted molar refractivity (Wildman–Crippen MR) is 168 cm³/mol. The second-order valence-corrected chi connectivity index (χ2v) is 12.7. The average molecular weight is 731 g/mol. The van der Waals surface area contributed by atoms with Crippen LogP contribution >= 0.6 is 0 Å². The molecular weight excluding hydrogens is 683 g/mol. The third kappa shape index (κ3) is 6.86. The van der Waals surface area contributed by atoms with Crippen LogP contribution in [-0.4, -0.2) is 15.9 Å². The Balaban J connectivity index is 0.000000253. The Morgan fingerprint density at radius 3 is 2.27 bits per heavy atom. The van der Waals surface area contributed by atoms with Crippen LogP contribution in [-0.2, 0) is 31.3 Å². The summed E-state index contributed by atoms with van der Waals surface area (Å²) in [4.78, 5) is 16.7. The van der Waals surface area contributed by atoms with Gasteiger partial charge in [0.2, 0.25) is 0 Å². The first-order valence-electron chi connectivity index (χ1n) is 15.4. The topological polar surface area (TPSA) is 50.2 Å². The van der Waals surface area contributed by atoms with Gasteiger partial charge < -0.3 is 5.11 Å². The van der Waals surface area contributed by atoms with Crippen LogP contribution in [0.1, 0.15) is 102 Å². The normalized spacial score (nSPS) is 18.7. The second kappa shape index (κ2) is 13.8. The molecule has 1 heterocycles. The Kier molecular flexibility index (Phi) is 11.2. The number of aliphatic hydroxyl groups excluding tert-OH is 1. The van der Waals surface area contributed by atoms with E-state index < -0.39 is 0 Å². The van der Waals surface area contributed by atoms with Crippen molar-refractivity contribution in [3.63, 3.8) is 0 Å².